The van der Waals surface area contributed by atoms with Crippen LogP contribution in [0.5, 0.6) is 0 Å². The van der Waals surface area contributed by atoms with Crippen molar-refractivity contribution in [1.29, 1.82) is 0 Å². The molecule has 0 radical (unpaired) electrons. The van der Waals surface area contributed by atoms with E-state index in [1.54, 1.807) is 23.0 Å². The zero-order valence-electron chi connectivity index (χ0n) is 16.3. The molecule has 2 aliphatic rings. The highest BCUT2D eigenvalue weighted by atomic mass is 32.2. The standard InChI is InChI=1S/C20H17N5O4S2/c1-24-11-21-23-20(24)30-15-7-3-13(4-8-15)22-18(26)12-2-9-16-17(10-12)31(28,29)25(19(16)27)14-5-6-14/h2-4,7-11,14H,5-6H2,1H3,(H,22,26). The molecule has 2 heterocycles. The third-order valence-electron chi connectivity index (χ3n) is 5.08. The van der Waals surface area contributed by atoms with Gasteiger partial charge in [-0.2, -0.15) is 0 Å². The zero-order valence-corrected chi connectivity index (χ0v) is 18.0. The average Bonchev–Trinajstić information content (AvgIpc) is 3.46. The maximum Gasteiger partial charge on any atom is 0.269 e. The van der Waals surface area contributed by atoms with Gasteiger partial charge < -0.3 is 9.88 Å². The Morgan fingerprint density at radius 3 is 2.55 bits per heavy atom. The molecule has 2 amide bonds. The lowest BCUT2D eigenvalue weighted by Crippen LogP contribution is -2.31. The SMILES string of the molecule is Cn1cnnc1Sc1ccc(NC(=O)c2ccc3c(c2)S(=O)(=O)N(C2CC2)C3=O)cc1. The van der Waals surface area contributed by atoms with Gasteiger partial charge in [-0.3, -0.25) is 9.59 Å². The Labute approximate surface area is 182 Å². The molecule has 2 aromatic carbocycles. The normalized spacial score (nSPS) is 16.9. The fourth-order valence-electron chi connectivity index (χ4n) is 3.34. The highest BCUT2D eigenvalue weighted by Gasteiger charge is 2.48. The first-order valence-electron chi connectivity index (χ1n) is 9.51. The topological polar surface area (TPSA) is 114 Å². The quantitative estimate of drug-likeness (QED) is 0.629. The van der Waals surface area contributed by atoms with Crippen molar-refractivity contribution in [3.63, 3.8) is 0 Å². The third-order valence-corrected chi connectivity index (χ3v) is 8.02. The van der Waals surface area contributed by atoms with Crippen LogP contribution in [0.25, 0.3) is 0 Å². The van der Waals surface area contributed by atoms with Gasteiger partial charge >= 0.3 is 0 Å². The number of benzene rings is 2. The summed E-state index contributed by atoms with van der Waals surface area (Å²) in [6, 6.07) is 11.1. The first-order chi connectivity index (χ1) is 14.8. The average molecular weight is 456 g/mol. The van der Waals surface area contributed by atoms with E-state index in [2.05, 4.69) is 15.5 Å². The molecule has 11 heteroatoms. The van der Waals surface area contributed by atoms with E-state index in [1.165, 1.54) is 30.0 Å². The lowest BCUT2D eigenvalue weighted by atomic mass is 10.1. The van der Waals surface area contributed by atoms with Crippen molar-refractivity contribution in [2.24, 2.45) is 7.05 Å². The fraction of sp³-hybridized carbons (Fsp3) is 0.200. The van der Waals surface area contributed by atoms with Crippen molar-refractivity contribution < 1.29 is 18.0 Å². The second-order valence-corrected chi connectivity index (χ2v) is 10.2. The molecular formula is C20H17N5O4S2. The van der Waals surface area contributed by atoms with Crippen molar-refractivity contribution >= 4 is 39.3 Å². The number of aromatic nitrogens is 3. The van der Waals surface area contributed by atoms with Crippen LogP contribution in [-0.4, -0.2) is 45.3 Å². The molecule has 0 saturated heterocycles. The maximum absolute atomic E-state index is 12.8. The van der Waals surface area contributed by atoms with Crippen LogP contribution in [0.1, 0.15) is 33.6 Å². The summed E-state index contributed by atoms with van der Waals surface area (Å²) in [7, 11) is -2.05. The van der Waals surface area contributed by atoms with Crippen LogP contribution in [0.4, 0.5) is 5.69 Å². The number of nitrogens with zero attached hydrogens (tertiary/aromatic N) is 4. The van der Waals surface area contributed by atoms with E-state index >= 15 is 0 Å². The smallest absolute Gasteiger partial charge is 0.269 e. The number of amides is 2. The summed E-state index contributed by atoms with van der Waals surface area (Å²) in [5.41, 5.74) is 0.852. The summed E-state index contributed by atoms with van der Waals surface area (Å²) >= 11 is 1.44. The molecule has 5 rings (SSSR count). The van der Waals surface area contributed by atoms with E-state index in [0.717, 1.165) is 14.4 Å². The van der Waals surface area contributed by atoms with Gasteiger partial charge in [0.1, 0.15) is 11.2 Å². The molecule has 3 aromatic rings. The van der Waals surface area contributed by atoms with E-state index in [-0.39, 0.29) is 22.1 Å². The van der Waals surface area contributed by atoms with Crippen molar-refractivity contribution in [2.45, 2.75) is 33.8 Å². The molecule has 9 nitrogen and oxygen atoms in total. The van der Waals surface area contributed by atoms with Crippen molar-refractivity contribution in [3.05, 3.63) is 59.9 Å². The number of aryl methyl sites for hydroxylation is 1. The number of hydrogen-bond acceptors (Lipinski definition) is 7. The molecule has 158 valence electrons. The highest BCUT2D eigenvalue weighted by molar-refractivity contribution is 7.99. The van der Waals surface area contributed by atoms with Gasteiger partial charge in [0.25, 0.3) is 21.8 Å². The van der Waals surface area contributed by atoms with E-state index in [1.807, 2.05) is 19.2 Å². The van der Waals surface area contributed by atoms with Gasteiger partial charge in [-0.15, -0.1) is 10.2 Å². The Morgan fingerprint density at radius 2 is 1.90 bits per heavy atom. The monoisotopic (exact) mass is 455 g/mol. The third kappa shape index (κ3) is 3.49. The van der Waals surface area contributed by atoms with E-state index in [0.29, 0.717) is 18.5 Å². The minimum Gasteiger partial charge on any atom is -0.322 e. The summed E-state index contributed by atoms with van der Waals surface area (Å²) in [4.78, 5) is 26.0. The van der Waals surface area contributed by atoms with E-state index < -0.39 is 21.8 Å². The molecular weight excluding hydrogens is 438 g/mol. The number of anilines is 1. The molecule has 1 aromatic heterocycles. The van der Waals surface area contributed by atoms with E-state index in [4.69, 9.17) is 0 Å². The van der Waals surface area contributed by atoms with Gasteiger partial charge in [0.15, 0.2) is 5.16 Å². The van der Waals surface area contributed by atoms with Crippen molar-refractivity contribution in [1.82, 2.24) is 19.1 Å². The lowest BCUT2D eigenvalue weighted by Gasteiger charge is -2.13. The number of rotatable bonds is 5. The number of fused-ring (bicyclic) bond motifs is 1. The number of nitrogens with one attached hydrogen (secondary N) is 1. The Kier molecular flexibility index (Phi) is 4.59. The molecule has 0 spiro atoms. The van der Waals surface area contributed by atoms with Crippen LogP contribution in [0, 0.1) is 0 Å². The molecule has 0 atom stereocenters. The second kappa shape index (κ2) is 7.20. The summed E-state index contributed by atoms with van der Waals surface area (Å²) in [5, 5.41) is 11.3. The van der Waals surface area contributed by atoms with Gasteiger partial charge in [-0.1, -0.05) is 0 Å². The molecule has 1 N–H and O–H groups in total. The summed E-state index contributed by atoms with van der Waals surface area (Å²) in [6.45, 7) is 0. The predicted octanol–water partition coefficient (Wildman–Crippen LogP) is 2.53. The molecule has 1 aliphatic heterocycles. The van der Waals surface area contributed by atoms with Gasteiger partial charge in [0.05, 0.1) is 5.56 Å². The number of sulfonamides is 1. The Hall–Kier alpha value is -3.18. The summed E-state index contributed by atoms with van der Waals surface area (Å²) < 4.78 is 28.3. The minimum absolute atomic E-state index is 0.104. The van der Waals surface area contributed by atoms with Crippen LogP contribution < -0.4 is 5.32 Å². The first kappa shape index (κ1) is 19.8. The lowest BCUT2D eigenvalue weighted by molar-refractivity contribution is 0.0864. The van der Waals surface area contributed by atoms with Gasteiger partial charge in [0.2, 0.25) is 0 Å². The largest absolute Gasteiger partial charge is 0.322 e. The molecule has 31 heavy (non-hydrogen) atoms. The zero-order chi connectivity index (χ0) is 21.8. The first-order valence-corrected chi connectivity index (χ1v) is 11.8. The molecule has 0 unspecified atom stereocenters. The van der Waals surface area contributed by atoms with Crippen molar-refractivity contribution in [2.75, 3.05) is 5.32 Å². The van der Waals surface area contributed by atoms with Gasteiger partial charge in [-0.05, 0) is 67.1 Å². The van der Waals surface area contributed by atoms with Crippen LogP contribution in [0.3, 0.4) is 0 Å². The second-order valence-electron chi connectivity index (χ2n) is 7.35. The van der Waals surface area contributed by atoms with Crippen molar-refractivity contribution in [3.8, 4) is 0 Å². The molecule has 0 bridgehead atoms. The van der Waals surface area contributed by atoms with Gasteiger partial charge in [-0.25, -0.2) is 12.7 Å². The Bertz CT molecular complexity index is 1310. The number of carbonyl (C=O) groups excluding carboxylic acids is 2. The summed E-state index contributed by atoms with van der Waals surface area (Å²) in [6.07, 6.45) is 2.97. The van der Waals surface area contributed by atoms with Crippen LogP contribution in [-0.2, 0) is 17.1 Å². The van der Waals surface area contributed by atoms with Crippen LogP contribution >= 0.6 is 11.8 Å². The Morgan fingerprint density at radius 1 is 1.16 bits per heavy atom. The predicted molar refractivity (Wildman–Crippen MR) is 112 cm³/mol. The van der Waals surface area contributed by atoms with Crippen LogP contribution in [0.2, 0.25) is 0 Å². The molecule has 1 saturated carbocycles. The number of carbonyl (C=O) groups is 2. The minimum atomic E-state index is -3.91. The fourth-order valence-corrected chi connectivity index (χ4v) is 5.94. The maximum atomic E-state index is 12.8. The summed E-state index contributed by atoms with van der Waals surface area (Å²) in [5.74, 6) is -0.968. The number of hydrogen-bond donors (Lipinski definition) is 1. The van der Waals surface area contributed by atoms with E-state index in [9.17, 15) is 18.0 Å². The highest BCUT2D eigenvalue weighted by Crippen LogP contribution is 2.39. The van der Waals surface area contributed by atoms with Gasteiger partial charge in [0, 0.05) is 29.2 Å². The Balaban J connectivity index is 1.33. The molecule has 1 aliphatic carbocycles. The molecule has 1 fully saturated rings. The van der Waals surface area contributed by atoms with Crippen LogP contribution in [0.15, 0.2) is 63.7 Å².